The zero-order valence-corrected chi connectivity index (χ0v) is 11.0. The van der Waals surface area contributed by atoms with Crippen LogP contribution in [0, 0.1) is 0 Å². The molecule has 5 heteroatoms. The quantitative estimate of drug-likeness (QED) is 0.752. The molecule has 0 spiro atoms. The molecule has 0 saturated heterocycles. The Morgan fingerprint density at radius 3 is 2.61 bits per heavy atom. The molecule has 0 radical (unpaired) electrons. The van der Waals surface area contributed by atoms with E-state index in [9.17, 15) is 4.79 Å². The number of ether oxygens (including phenoxy) is 2. The van der Waals surface area contributed by atoms with Crippen molar-refractivity contribution in [2.45, 2.75) is 25.9 Å². The lowest BCUT2D eigenvalue weighted by atomic mass is 10.1. The molecule has 0 atom stereocenters. The van der Waals surface area contributed by atoms with Crippen molar-refractivity contribution >= 4 is 11.6 Å². The summed E-state index contributed by atoms with van der Waals surface area (Å²) in [5, 5.41) is 0. The topological polar surface area (TPSA) is 87.6 Å². The minimum Gasteiger partial charge on any atom is -0.491 e. The molecule has 0 aliphatic carbocycles. The third kappa shape index (κ3) is 3.92. The number of rotatable bonds is 6. The third-order valence-electron chi connectivity index (χ3n) is 2.81. The van der Waals surface area contributed by atoms with Crippen molar-refractivity contribution in [3.63, 3.8) is 0 Å². The first kappa shape index (κ1) is 14.3. The van der Waals surface area contributed by atoms with Crippen LogP contribution in [-0.4, -0.2) is 25.2 Å². The van der Waals surface area contributed by atoms with Crippen LogP contribution >= 0.6 is 0 Å². The molecule has 1 rings (SSSR count). The van der Waals surface area contributed by atoms with Gasteiger partial charge in [-0.2, -0.15) is 0 Å². The average Bonchev–Trinajstić information content (AvgIpc) is 2.31. The molecule has 0 unspecified atom stereocenters. The Balaban J connectivity index is 2.67. The van der Waals surface area contributed by atoms with Crippen molar-refractivity contribution in [1.82, 2.24) is 0 Å². The monoisotopic (exact) mass is 252 g/mol. The highest BCUT2D eigenvalue weighted by atomic mass is 16.5. The summed E-state index contributed by atoms with van der Waals surface area (Å²) in [6, 6.07) is 4.73. The van der Waals surface area contributed by atoms with E-state index in [1.165, 1.54) is 0 Å². The number of hydrogen-bond donors (Lipinski definition) is 2. The van der Waals surface area contributed by atoms with E-state index in [-0.39, 0.29) is 5.60 Å². The Bertz CT molecular complexity index is 430. The smallest absolute Gasteiger partial charge is 0.248 e. The van der Waals surface area contributed by atoms with Crippen LogP contribution in [0.15, 0.2) is 18.2 Å². The lowest BCUT2D eigenvalue weighted by Gasteiger charge is -2.22. The first-order chi connectivity index (χ1) is 8.35. The zero-order chi connectivity index (χ0) is 13.8. The standard InChI is InChI=1S/C13H20N2O3/c1-13(2,17-3)6-7-18-11-8-9(12(15)16)4-5-10(11)14/h4-5,8H,6-7,14H2,1-3H3,(H2,15,16). The number of nitrogens with two attached hydrogens (primary N) is 2. The van der Waals surface area contributed by atoms with Crippen LogP contribution in [0.1, 0.15) is 30.6 Å². The number of primary amides is 1. The molecule has 0 aliphatic heterocycles. The summed E-state index contributed by atoms with van der Waals surface area (Å²) < 4.78 is 10.8. The molecule has 18 heavy (non-hydrogen) atoms. The van der Waals surface area contributed by atoms with Gasteiger partial charge in [0.05, 0.1) is 17.9 Å². The highest BCUT2D eigenvalue weighted by Gasteiger charge is 2.16. The van der Waals surface area contributed by atoms with Crippen molar-refractivity contribution in [2.75, 3.05) is 19.5 Å². The van der Waals surface area contributed by atoms with E-state index in [1.807, 2.05) is 13.8 Å². The molecule has 0 aromatic heterocycles. The maximum absolute atomic E-state index is 11.0. The molecule has 0 bridgehead atoms. The Kier molecular flexibility index (Phi) is 4.55. The van der Waals surface area contributed by atoms with Crippen LogP contribution in [0.3, 0.4) is 0 Å². The predicted octanol–water partition coefficient (Wildman–Crippen LogP) is 1.56. The number of carbonyl (C=O) groups excluding carboxylic acids is 1. The fourth-order valence-corrected chi connectivity index (χ4v) is 1.32. The van der Waals surface area contributed by atoms with Crippen LogP contribution in [0.4, 0.5) is 5.69 Å². The summed E-state index contributed by atoms with van der Waals surface area (Å²) in [6.07, 6.45) is 0.712. The largest absolute Gasteiger partial charge is 0.491 e. The minimum atomic E-state index is -0.503. The molecule has 4 N–H and O–H groups in total. The van der Waals surface area contributed by atoms with E-state index in [2.05, 4.69) is 0 Å². The summed E-state index contributed by atoms with van der Waals surface area (Å²) in [5.74, 6) is -0.0322. The lowest BCUT2D eigenvalue weighted by Crippen LogP contribution is -2.25. The Labute approximate surface area is 107 Å². The minimum absolute atomic E-state index is 0.254. The van der Waals surface area contributed by atoms with E-state index >= 15 is 0 Å². The second-order valence-corrected chi connectivity index (χ2v) is 4.68. The third-order valence-corrected chi connectivity index (χ3v) is 2.81. The van der Waals surface area contributed by atoms with Crippen LogP contribution in [-0.2, 0) is 4.74 Å². The van der Waals surface area contributed by atoms with Crippen LogP contribution in [0.25, 0.3) is 0 Å². The maximum Gasteiger partial charge on any atom is 0.248 e. The Hall–Kier alpha value is -1.75. The first-order valence-corrected chi connectivity index (χ1v) is 5.73. The van der Waals surface area contributed by atoms with Crippen molar-refractivity contribution in [3.05, 3.63) is 23.8 Å². The molecule has 0 fully saturated rings. The summed E-state index contributed by atoms with van der Waals surface area (Å²) >= 11 is 0. The average molecular weight is 252 g/mol. The summed E-state index contributed by atoms with van der Waals surface area (Å²) in [4.78, 5) is 11.0. The van der Waals surface area contributed by atoms with E-state index < -0.39 is 5.91 Å². The summed E-state index contributed by atoms with van der Waals surface area (Å²) in [6.45, 7) is 4.40. The molecule has 0 aliphatic rings. The molecule has 1 aromatic rings. The molecule has 0 saturated carbocycles. The van der Waals surface area contributed by atoms with Gasteiger partial charge in [0.15, 0.2) is 0 Å². The van der Waals surface area contributed by atoms with Gasteiger partial charge >= 0.3 is 0 Å². The van der Waals surface area contributed by atoms with Gasteiger partial charge in [0.25, 0.3) is 0 Å². The number of anilines is 1. The van der Waals surface area contributed by atoms with Crippen molar-refractivity contribution in [1.29, 1.82) is 0 Å². The SMILES string of the molecule is COC(C)(C)CCOc1cc(C(N)=O)ccc1N. The van der Waals surface area contributed by atoms with Gasteiger partial charge in [-0.05, 0) is 32.0 Å². The van der Waals surface area contributed by atoms with Crippen molar-refractivity contribution < 1.29 is 14.3 Å². The van der Waals surface area contributed by atoms with Gasteiger partial charge in [0, 0.05) is 19.1 Å². The van der Waals surface area contributed by atoms with Crippen molar-refractivity contribution in [2.24, 2.45) is 5.73 Å². The van der Waals surface area contributed by atoms with Gasteiger partial charge in [0.2, 0.25) is 5.91 Å². The van der Waals surface area contributed by atoms with Gasteiger partial charge in [-0.25, -0.2) is 0 Å². The first-order valence-electron chi connectivity index (χ1n) is 5.73. The van der Waals surface area contributed by atoms with E-state index in [4.69, 9.17) is 20.9 Å². The van der Waals surface area contributed by atoms with Gasteiger partial charge in [-0.1, -0.05) is 0 Å². The van der Waals surface area contributed by atoms with E-state index in [0.29, 0.717) is 30.0 Å². The Morgan fingerprint density at radius 1 is 1.39 bits per heavy atom. The number of amides is 1. The molecular weight excluding hydrogens is 232 g/mol. The number of methoxy groups -OCH3 is 1. The second kappa shape index (κ2) is 5.73. The fourth-order valence-electron chi connectivity index (χ4n) is 1.32. The molecule has 1 aromatic carbocycles. The van der Waals surface area contributed by atoms with Crippen LogP contribution in [0.2, 0.25) is 0 Å². The summed E-state index contributed by atoms with van der Waals surface area (Å²) in [5.41, 5.74) is 11.6. The van der Waals surface area contributed by atoms with Crippen LogP contribution in [0.5, 0.6) is 5.75 Å². The van der Waals surface area contributed by atoms with E-state index in [0.717, 1.165) is 0 Å². The van der Waals surface area contributed by atoms with Gasteiger partial charge in [-0.3, -0.25) is 4.79 Å². The molecular formula is C13H20N2O3. The molecule has 5 nitrogen and oxygen atoms in total. The molecule has 100 valence electrons. The van der Waals surface area contributed by atoms with E-state index in [1.54, 1.807) is 25.3 Å². The maximum atomic E-state index is 11.0. The zero-order valence-electron chi connectivity index (χ0n) is 11.0. The van der Waals surface area contributed by atoms with Gasteiger partial charge < -0.3 is 20.9 Å². The number of benzene rings is 1. The normalized spacial score (nSPS) is 11.3. The number of carbonyl (C=O) groups is 1. The molecule has 0 heterocycles. The Morgan fingerprint density at radius 2 is 2.06 bits per heavy atom. The summed E-state index contributed by atoms with van der Waals surface area (Å²) in [7, 11) is 1.65. The van der Waals surface area contributed by atoms with Gasteiger partial charge in [-0.15, -0.1) is 0 Å². The van der Waals surface area contributed by atoms with Gasteiger partial charge in [0.1, 0.15) is 5.75 Å². The number of hydrogen-bond acceptors (Lipinski definition) is 4. The number of nitrogen functional groups attached to an aromatic ring is 1. The highest BCUT2D eigenvalue weighted by Crippen LogP contribution is 2.23. The molecule has 1 amide bonds. The second-order valence-electron chi connectivity index (χ2n) is 4.68. The highest BCUT2D eigenvalue weighted by molar-refractivity contribution is 5.93. The lowest BCUT2D eigenvalue weighted by molar-refractivity contribution is 0.00550. The predicted molar refractivity (Wildman–Crippen MR) is 70.6 cm³/mol. The fraction of sp³-hybridized carbons (Fsp3) is 0.462. The van der Waals surface area contributed by atoms with Crippen molar-refractivity contribution in [3.8, 4) is 5.75 Å². The van der Waals surface area contributed by atoms with Crippen LogP contribution < -0.4 is 16.2 Å².